The van der Waals surface area contributed by atoms with Crippen LogP contribution in [0.3, 0.4) is 0 Å². The fourth-order valence-corrected chi connectivity index (χ4v) is 3.76. The minimum Gasteiger partial charge on any atom is -0.481 e. The van der Waals surface area contributed by atoms with Crippen LogP contribution < -0.4 is 4.74 Å². The van der Waals surface area contributed by atoms with Gasteiger partial charge in [-0.2, -0.15) is 0 Å². The number of carboxylic acid groups (broad SMARTS) is 1. The largest absolute Gasteiger partial charge is 0.481 e. The van der Waals surface area contributed by atoms with Crippen LogP contribution in [0.1, 0.15) is 11.1 Å². The van der Waals surface area contributed by atoms with Gasteiger partial charge in [-0.1, -0.05) is 18.2 Å². The zero-order valence-electron chi connectivity index (χ0n) is 13.6. The standard InChI is InChI=1S/C20H16O4S/c1-13-9-17(24-12-20(22)23)14(6-4-8-21)10-16(13)19-11-15-5-2-3-7-18(15)25-19/h2-11H,12H2,1H3,(H,22,23)/b6-4+. The summed E-state index contributed by atoms with van der Waals surface area (Å²) in [5, 5.41) is 10.0. The van der Waals surface area contributed by atoms with Gasteiger partial charge in [0.1, 0.15) is 12.0 Å². The van der Waals surface area contributed by atoms with E-state index in [0.717, 1.165) is 16.0 Å². The Morgan fingerprint density at radius 3 is 2.76 bits per heavy atom. The molecule has 0 unspecified atom stereocenters. The lowest BCUT2D eigenvalue weighted by Gasteiger charge is -2.12. The molecule has 4 nitrogen and oxygen atoms in total. The number of thiophene rings is 1. The maximum absolute atomic E-state index is 10.8. The van der Waals surface area contributed by atoms with Crippen molar-refractivity contribution in [1.82, 2.24) is 0 Å². The van der Waals surface area contributed by atoms with Crippen molar-refractivity contribution in [3.8, 4) is 16.2 Å². The molecule has 0 fully saturated rings. The first-order valence-electron chi connectivity index (χ1n) is 7.68. The predicted octanol–water partition coefficient (Wildman–Crippen LogP) is 4.55. The average Bonchev–Trinajstić information content (AvgIpc) is 3.02. The Hall–Kier alpha value is -2.92. The third-order valence-corrected chi connectivity index (χ3v) is 4.90. The van der Waals surface area contributed by atoms with Gasteiger partial charge in [0.05, 0.1) is 0 Å². The Morgan fingerprint density at radius 2 is 2.04 bits per heavy atom. The van der Waals surface area contributed by atoms with E-state index >= 15 is 0 Å². The Bertz CT molecular complexity index is 936. The molecule has 0 saturated heterocycles. The molecule has 0 atom stereocenters. The SMILES string of the molecule is Cc1cc(OCC(=O)O)c(/C=C/C=O)cc1-c1cc2ccccc2s1. The van der Waals surface area contributed by atoms with Crippen molar-refractivity contribution in [2.24, 2.45) is 0 Å². The first kappa shape index (κ1) is 16.9. The number of benzene rings is 2. The lowest BCUT2D eigenvalue weighted by atomic mass is 10.0. The number of carbonyl (C=O) groups excluding carboxylic acids is 1. The Labute approximate surface area is 149 Å². The predicted molar refractivity (Wildman–Crippen MR) is 100 cm³/mol. The van der Waals surface area contributed by atoms with Gasteiger partial charge < -0.3 is 9.84 Å². The van der Waals surface area contributed by atoms with Gasteiger partial charge in [0.25, 0.3) is 0 Å². The van der Waals surface area contributed by atoms with Crippen molar-refractivity contribution >= 4 is 39.8 Å². The van der Waals surface area contributed by atoms with Crippen LogP contribution in [0.5, 0.6) is 5.75 Å². The molecule has 3 rings (SSSR count). The smallest absolute Gasteiger partial charge is 0.341 e. The van der Waals surface area contributed by atoms with Crippen molar-refractivity contribution in [3.05, 3.63) is 59.7 Å². The van der Waals surface area contributed by atoms with Crippen molar-refractivity contribution in [2.45, 2.75) is 6.92 Å². The maximum Gasteiger partial charge on any atom is 0.341 e. The molecule has 1 aromatic heterocycles. The summed E-state index contributed by atoms with van der Waals surface area (Å²) in [5.74, 6) is -0.598. The highest BCUT2D eigenvalue weighted by atomic mass is 32.1. The lowest BCUT2D eigenvalue weighted by molar-refractivity contribution is -0.139. The number of aryl methyl sites for hydroxylation is 1. The van der Waals surface area contributed by atoms with E-state index in [0.29, 0.717) is 17.6 Å². The fraction of sp³-hybridized carbons (Fsp3) is 0.100. The van der Waals surface area contributed by atoms with Crippen molar-refractivity contribution in [3.63, 3.8) is 0 Å². The highest BCUT2D eigenvalue weighted by Crippen LogP contribution is 2.38. The molecule has 0 amide bonds. The van der Waals surface area contributed by atoms with Crippen LogP contribution in [0.25, 0.3) is 26.6 Å². The molecule has 0 radical (unpaired) electrons. The van der Waals surface area contributed by atoms with Gasteiger partial charge in [-0.3, -0.25) is 4.79 Å². The van der Waals surface area contributed by atoms with Gasteiger partial charge in [0.15, 0.2) is 6.61 Å². The zero-order chi connectivity index (χ0) is 17.8. The number of rotatable bonds is 6. The van der Waals surface area contributed by atoms with E-state index in [1.807, 2.05) is 31.2 Å². The Balaban J connectivity index is 2.08. The monoisotopic (exact) mass is 352 g/mol. The quantitative estimate of drug-likeness (QED) is 0.522. The lowest BCUT2D eigenvalue weighted by Crippen LogP contribution is -2.10. The minimum atomic E-state index is -1.04. The van der Waals surface area contributed by atoms with Crippen LogP contribution >= 0.6 is 11.3 Å². The summed E-state index contributed by atoms with van der Waals surface area (Å²) >= 11 is 1.69. The summed E-state index contributed by atoms with van der Waals surface area (Å²) in [6.07, 6.45) is 3.67. The second-order valence-electron chi connectivity index (χ2n) is 5.53. The Kier molecular flexibility index (Phi) is 4.95. The first-order valence-corrected chi connectivity index (χ1v) is 8.50. The highest BCUT2D eigenvalue weighted by molar-refractivity contribution is 7.22. The number of aldehydes is 1. The van der Waals surface area contributed by atoms with Gasteiger partial charge in [-0.25, -0.2) is 4.79 Å². The summed E-state index contributed by atoms with van der Waals surface area (Å²) in [6.45, 7) is 1.53. The summed E-state index contributed by atoms with van der Waals surface area (Å²) in [4.78, 5) is 22.6. The number of fused-ring (bicyclic) bond motifs is 1. The van der Waals surface area contributed by atoms with Gasteiger partial charge in [-0.05, 0) is 59.9 Å². The fourth-order valence-electron chi connectivity index (χ4n) is 2.62. The Morgan fingerprint density at radius 1 is 1.24 bits per heavy atom. The van der Waals surface area contributed by atoms with Crippen molar-refractivity contribution in [2.75, 3.05) is 6.61 Å². The summed E-state index contributed by atoms with van der Waals surface area (Å²) in [5.41, 5.74) is 2.69. The van der Waals surface area contributed by atoms with E-state index in [4.69, 9.17) is 9.84 Å². The molecule has 2 aromatic carbocycles. The molecule has 5 heteroatoms. The van der Waals surface area contributed by atoms with Gasteiger partial charge in [-0.15, -0.1) is 11.3 Å². The second kappa shape index (κ2) is 7.32. The summed E-state index contributed by atoms with van der Waals surface area (Å²) < 4.78 is 6.56. The normalized spacial score (nSPS) is 11.1. The van der Waals surface area contributed by atoms with Crippen molar-refractivity contribution in [1.29, 1.82) is 0 Å². The number of carbonyl (C=O) groups is 2. The molecule has 0 bridgehead atoms. The molecular formula is C20H16O4S. The molecule has 1 N–H and O–H groups in total. The number of aliphatic carboxylic acids is 1. The topological polar surface area (TPSA) is 63.6 Å². The molecule has 0 aliphatic heterocycles. The van der Waals surface area contributed by atoms with E-state index in [9.17, 15) is 9.59 Å². The van der Waals surface area contributed by atoms with Crippen LogP contribution in [0.4, 0.5) is 0 Å². The van der Waals surface area contributed by atoms with Gasteiger partial charge in [0, 0.05) is 15.1 Å². The van der Waals surface area contributed by atoms with Gasteiger partial charge >= 0.3 is 5.97 Å². The highest BCUT2D eigenvalue weighted by Gasteiger charge is 2.12. The third kappa shape index (κ3) is 3.78. The number of allylic oxidation sites excluding steroid dienone is 1. The van der Waals surface area contributed by atoms with E-state index in [1.54, 1.807) is 17.4 Å². The van der Waals surface area contributed by atoms with Crippen LogP contribution in [0.2, 0.25) is 0 Å². The zero-order valence-corrected chi connectivity index (χ0v) is 14.4. The molecule has 126 valence electrons. The van der Waals surface area contributed by atoms with Crippen LogP contribution in [0.15, 0.2) is 48.5 Å². The molecule has 25 heavy (non-hydrogen) atoms. The molecule has 0 aliphatic carbocycles. The van der Waals surface area contributed by atoms with Crippen LogP contribution in [0, 0.1) is 6.92 Å². The van der Waals surface area contributed by atoms with E-state index in [-0.39, 0.29) is 0 Å². The molecule has 3 aromatic rings. The van der Waals surface area contributed by atoms with Crippen LogP contribution in [-0.2, 0) is 9.59 Å². The third-order valence-electron chi connectivity index (χ3n) is 3.75. The van der Waals surface area contributed by atoms with Crippen LogP contribution in [-0.4, -0.2) is 24.0 Å². The molecular weight excluding hydrogens is 336 g/mol. The van der Waals surface area contributed by atoms with E-state index in [1.165, 1.54) is 16.2 Å². The molecule has 0 aliphatic rings. The molecule has 0 spiro atoms. The average molecular weight is 352 g/mol. The number of hydrogen-bond donors (Lipinski definition) is 1. The molecule has 0 saturated carbocycles. The summed E-state index contributed by atoms with van der Waals surface area (Å²) in [7, 11) is 0. The molecule has 1 heterocycles. The van der Waals surface area contributed by atoms with E-state index in [2.05, 4.69) is 18.2 Å². The van der Waals surface area contributed by atoms with E-state index < -0.39 is 12.6 Å². The maximum atomic E-state index is 10.8. The number of hydrogen-bond acceptors (Lipinski definition) is 4. The first-order chi connectivity index (χ1) is 12.1. The van der Waals surface area contributed by atoms with Gasteiger partial charge in [0.2, 0.25) is 0 Å². The number of carboxylic acids is 1. The number of ether oxygens (including phenoxy) is 1. The minimum absolute atomic E-state index is 0.427. The summed E-state index contributed by atoms with van der Waals surface area (Å²) in [6, 6.07) is 14.0. The van der Waals surface area contributed by atoms with Crippen molar-refractivity contribution < 1.29 is 19.4 Å². The second-order valence-corrected chi connectivity index (χ2v) is 6.61.